The first-order valence-corrected chi connectivity index (χ1v) is 11.8. The molecule has 3 aromatic carbocycles. The quantitative estimate of drug-likeness (QED) is 0.260. The number of nitrogens with one attached hydrogen (secondary N) is 1. The highest BCUT2D eigenvalue weighted by atomic mass is 35.5. The molecular formula is C28H22ClF3N4. The van der Waals surface area contributed by atoms with Crippen molar-refractivity contribution in [3.63, 3.8) is 0 Å². The number of aromatic nitrogens is 3. The Hall–Kier alpha value is -3.84. The average molecular weight is 507 g/mol. The highest BCUT2D eigenvalue weighted by molar-refractivity contribution is 6.31. The molecule has 8 heteroatoms. The number of anilines is 2. The molecule has 0 saturated carbocycles. The van der Waals surface area contributed by atoms with Crippen LogP contribution >= 0.6 is 11.6 Å². The van der Waals surface area contributed by atoms with Gasteiger partial charge < -0.3 is 9.88 Å². The highest BCUT2D eigenvalue weighted by Crippen LogP contribution is 2.39. The second kappa shape index (κ2) is 9.32. The minimum Gasteiger partial charge on any atom is -0.355 e. The minimum absolute atomic E-state index is 0.272. The van der Waals surface area contributed by atoms with Crippen LogP contribution < -0.4 is 5.32 Å². The van der Waals surface area contributed by atoms with Crippen molar-refractivity contribution in [2.75, 3.05) is 5.32 Å². The fourth-order valence-electron chi connectivity index (χ4n) is 4.30. The van der Waals surface area contributed by atoms with Gasteiger partial charge in [-0.2, -0.15) is 13.2 Å². The summed E-state index contributed by atoms with van der Waals surface area (Å²) in [5.41, 5.74) is 4.34. The summed E-state index contributed by atoms with van der Waals surface area (Å²) in [5, 5.41) is 3.89. The Morgan fingerprint density at radius 1 is 0.972 bits per heavy atom. The topological polar surface area (TPSA) is 42.7 Å². The molecule has 5 aromatic rings. The van der Waals surface area contributed by atoms with Crippen LogP contribution in [0.3, 0.4) is 0 Å². The van der Waals surface area contributed by atoms with Gasteiger partial charge in [-0.25, -0.2) is 9.97 Å². The summed E-state index contributed by atoms with van der Waals surface area (Å²) >= 11 is 5.80. The zero-order valence-electron chi connectivity index (χ0n) is 19.6. The summed E-state index contributed by atoms with van der Waals surface area (Å²) in [6.07, 6.45) is -0.710. The largest absolute Gasteiger partial charge is 0.417 e. The predicted octanol–water partition coefficient (Wildman–Crippen LogP) is 8.51. The number of fused-ring (bicyclic) bond motifs is 1. The van der Waals surface area contributed by atoms with Crippen molar-refractivity contribution in [2.24, 2.45) is 0 Å². The van der Waals surface area contributed by atoms with Crippen molar-refractivity contribution >= 4 is 33.9 Å². The van der Waals surface area contributed by atoms with Gasteiger partial charge >= 0.3 is 6.18 Å². The maximum absolute atomic E-state index is 13.4. The Labute approximate surface area is 211 Å². The van der Waals surface area contributed by atoms with Gasteiger partial charge in [-0.05, 0) is 61.9 Å². The Morgan fingerprint density at radius 3 is 2.56 bits per heavy atom. The van der Waals surface area contributed by atoms with E-state index in [1.807, 2.05) is 37.3 Å². The number of rotatable bonds is 5. The standard InChI is InChI=1S/C28H22ClF3N4/c1-3-36-13-12-19-14-18(8-11-26(19)36)22-16-33-17(2)34-27(22)21-6-4-5-7-25(21)35-20-9-10-24(29)23(15-20)28(30,31)32/h4-16,35H,3H2,1-2H3. The molecule has 5 rings (SSSR count). The summed E-state index contributed by atoms with van der Waals surface area (Å²) in [5.74, 6) is 0.590. The Morgan fingerprint density at radius 2 is 1.78 bits per heavy atom. The first kappa shape index (κ1) is 23.9. The molecule has 0 bridgehead atoms. The van der Waals surface area contributed by atoms with E-state index in [4.69, 9.17) is 16.6 Å². The summed E-state index contributed by atoms with van der Waals surface area (Å²) in [6, 6.07) is 19.5. The molecule has 0 spiro atoms. The number of aryl methyl sites for hydroxylation is 2. The highest BCUT2D eigenvalue weighted by Gasteiger charge is 2.33. The zero-order chi connectivity index (χ0) is 25.4. The molecule has 0 unspecified atom stereocenters. The van der Waals surface area contributed by atoms with E-state index in [1.54, 1.807) is 6.20 Å². The van der Waals surface area contributed by atoms with Crippen molar-refractivity contribution in [1.29, 1.82) is 0 Å². The van der Waals surface area contributed by atoms with Crippen LogP contribution in [0.2, 0.25) is 5.02 Å². The fourth-order valence-corrected chi connectivity index (χ4v) is 4.53. The van der Waals surface area contributed by atoms with Gasteiger partial charge in [0.25, 0.3) is 0 Å². The van der Waals surface area contributed by atoms with Crippen LogP contribution in [-0.2, 0) is 12.7 Å². The van der Waals surface area contributed by atoms with Gasteiger partial charge in [-0.15, -0.1) is 0 Å². The van der Waals surface area contributed by atoms with E-state index in [9.17, 15) is 13.2 Å². The molecule has 0 aliphatic heterocycles. The van der Waals surface area contributed by atoms with Gasteiger partial charge in [0.2, 0.25) is 0 Å². The Bertz CT molecular complexity index is 1570. The van der Waals surface area contributed by atoms with E-state index in [0.29, 0.717) is 17.2 Å². The molecule has 0 saturated heterocycles. The summed E-state index contributed by atoms with van der Waals surface area (Å²) in [7, 11) is 0. The molecule has 36 heavy (non-hydrogen) atoms. The number of alkyl halides is 3. The molecule has 0 aliphatic carbocycles. The lowest BCUT2D eigenvalue weighted by Gasteiger charge is -2.17. The molecular weight excluding hydrogens is 485 g/mol. The van der Waals surface area contributed by atoms with Crippen LogP contribution in [0, 0.1) is 6.92 Å². The first-order chi connectivity index (χ1) is 17.2. The molecule has 0 radical (unpaired) electrons. The lowest BCUT2D eigenvalue weighted by atomic mass is 9.98. The van der Waals surface area contributed by atoms with Crippen molar-refractivity contribution in [1.82, 2.24) is 14.5 Å². The second-order valence-electron chi connectivity index (χ2n) is 8.42. The summed E-state index contributed by atoms with van der Waals surface area (Å²) < 4.78 is 42.4. The number of hydrogen-bond donors (Lipinski definition) is 1. The van der Waals surface area contributed by atoms with Crippen LogP contribution in [-0.4, -0.2) is 14.5 Å². The molecule has 0 atom stereocenters. The number of hydrogen-bond acceptors (Lipinski definition) is 3. The van der Waals surface area contributed by atoms with Gasteiger partial charge in [0, 0.05) is 52.3 Å². The van der Waals surface area contributed by atoms with Gasteiger partial charge in [0.05, 0.1) is 16.3 Å². The van der Waals surface area contributed by atoms with E-state index in [1.165, 1.54) is 12.1 Å². The van der Waals surface area contributed by atoms with Crippen molar-refractivity contribution in [3.05, 3.63) is 95.5 Å². The maximum atomic E-state index is 13.4. The Kier molecular flexibility index (Phi) is 6.18. The van der Waals surface area contributed by atoms with Crippen LogP contribution in [0.1, 0.15) is 18.3 Å². The van der Waals surface area contributed by atoms with Crippen LogP contribution in [0.5, 0.6) is 0 Å². The minimum atomic E-state index is -4.55. The van der Waals surface area contributed by atoms with Crippen molar-refractivity contribution in [2.45, 2.75) is 26.6 Å². The molecule has 2 heterocycles. The molecule has 4 nitrogen and oxygen atoms in total. The fraction of sp³-hybridized carbons (Fsp3) is 0.143. The Balaban J connectivity index is 1.61. The molecule has 0 fully saturated rings. The number of halogens is 4. The smallest absolute Gasteiger partial charge is 0.355 e. The molecule has 0 amide bonds. The lowest BCUT2D eigenvalue weighted by molar-refractivity contribution is -0.137. The molecule has 0 aliphatic rings. The van der Waals surface area contributed by atoms with E-state index < -0.39 is 11.7 Å². The van der Waals surface area contributed by atoms with Crippen LogP contribution in [0.15, 0.2) is 79.1 Å². The first-order valence-electron chi connectivity index (χ1n) is 11.4. The zero-order valence-corrected chi connectivity index (χ0v) is 20.3. The van der Waals surface area contributed by atoms with Crippen molar-refractivity contribution < 1.29 is 13.2 Å². The average Bonchev–Trinajstić information content (AvgIpc) is 3.27. The van der Waals surface area contributed by atoms with Gasteiger partial charge in [-0.1, -0.05) is 35.9 Å². The molecule has 182 valence electrons. The van der Waals surface area contributed by atoms with E-state index in [-0.39, 0.29) is 10.7 Å². The normalized spacial score (nSPS) is 11.7. The third-order valence-corrected chi connectivity index (χ3v) is 6.39. The summed E-state index contributed by atoms with van der Waals surface area (Å²) in [6.45, 7) is 4.78. The van der Waals surface area contributed by atoms with Gasteiger partial charge in [-0.3, -0.25) is 0 Å². The number of nitrogens with zero attached hydrogens (tertiary/aromatic N) is 3. The van der Waals surface area contributed by atoms with Crippen LogP contribution in [0.25, 0.3) is 33.3 Å². The van der Waals surface area contributed by atoms with E-state index in [2.05, 4.69) is 46.2 Å². The predicted molar refractivity (Wildman–Crippen MR) is 139 cm³/mol. The second-order valence-corrected chi connectivity index (χ2v) is 8.83. The van der Waals surface area contributed by atoms with Gasteiger partial charge in [0.1, 0.15) is 5.82 Å². The van der Waals surface area contributed by atoms with Gasteiger partial charge in [0.15, 0.2) is 0 Å². The molecule has 2 aromatic heterocycles. The lowest BCUT2D eigenvalue weighted by Crippen LogP contribution is -2.06. The van der Waals surface area contributed by atoms with E-state index in [0.717, 1.165) is 40.2 Å². The van der Waals surface area contributed by atoms with Crippen molar-refractivity contribution in [3.8, 4) is 22.4 Å². The SMILES string of the molecule is CCn1ccc2cc(-c3cnc(C)nc3-c3ccccc3Nc3ccc(Cl)c(C(F)(F)F)c3)ccc21. The summed E-state index contributed by atoms with van der Waals surface area (Å²) in [4.78, 5) is 9.17. The third kappa shape index (κ3) is 4.54. The third-order valence-electron chi connectivity index (χ3n) is 6.06. The monoisotopic (exact) mass is 506 g/mol. The van der Waals surface area contributed by atoms with Crippen LogP contribution in [0.4, 0.5) is 24.5 Å². The maximum Gasteiger partial charge on any atom is 0.417 e. The number of para-hydroxylation sites is 1. The molecule has 1 N–H and O–H groups in total. The van der Waals surface area contributed by atoms with E-state index >= 15 is 0 Å². The number of benzene rings is 3.